The van der Waals surface area contributed by atoms with E-state index in [1.54, 1.807) is 36.4 Å². The number of pyridine rings is 1. The van der Waals surface area contributed by atoms with Gasteiger partial charge in [-0.2, -0.15) is 4.31 Å². The maximum Gasteiger partial charge on any atom is 0.251 e. The van der Waals surface area contributed by atoms with Crippen LogP contribution < -0.4 is 20.3 Å². The number of rotatable bonds is 9. The summed E-state index contributed by atoms with van der Waals surface area (Å²) in [7, 11) is -3.69. The highest BCUT2D eigenvalue weighted by Gasteiger charge is 2.27. The molecule has 9 nitrogen and oxygen atoms in total. The molecule has 1 aliphatic rings. The van der Waals surface area contributed by atoms with Crippen molar-refractivity contribution >= 4 is 21.6 Å². The molecule has 4 rings (SSSR count). The Morgan fingerprint density at radius 1 is 0.914 bits per heavy atom. The second kappa shape index (κ2) is 10.7. The molecule has 0 bridgehead atoms. The van der Waals surface area contributed by atoms with Crippen molar-refractivity contribution in [1.29, 1.82) is 0 Å². The van der Waals surface area contributed by atoms with Gasteiger partial charge in [-0.3, -0.25) is 9.59 Å². The molecular formula is C25H27N3O6S. The average molecular weight is 498 g/mol. The summed E-state index contributed by atoms with van der Waals surface area (Å²) in [5.41, 5.74) is 0.0579. The van der Waals surface area contributed by atoms with Crippen LogP contribution in [0.1, 0.15) is 19.8 Å². The highest BCUT2D eigenvalue weighted by Crippen LogP contribution is 2.25. The van der Waals surface area contributed by atoms with Gasteiger partial charge in [-0.15, -0.1) is 0 Å². The van der Waals surface area contributed by atoms with Crippen molar-refractivity contribution in [2.24, 2.45) is 0 Å². The number of carbonyl (C=O) groups is 1. The van der Waals surface area contributed by atoms with Gasteiger partial charge in [-0.1, -0.05) is 0 Å². The Bertz CT molecular complexity index is 1330. The molecule has 1 amide bonds. The normalized spacial score (nSPS) is 14.0. The zero-order valence-electron chi connectivity index (χ0n) is 19.3. The highest BCUT2D eigenvalue weighted by atomic mass is 32.2. The molecule has 0 aliphatic carbocycles. The first-order chi connectivity index (χ1) is 16.8. The van der Waals surface area contributed by atoms with Crippen LogP contribution in [0.2, 0.25) is 0 Å². The van der Waals surface area contributed by atoms with E-state index >= 15 is 0 Å². The minimum atomic E-state index is -3.69. The van der Waals surface area contributed by atoms with Gasteiger partial charge in [0.2, 0.25) is 15.9 Å². The van der Waals surface area contributed by atoms with Crippen molar-refractivity contribution < 1.29 is 22.7 Å². The Morgan fingerprint density at radius 3 is 2.14 bits per heavy atom. The van der Waals surface area contributed by atoms with Gasteiger partial charge < -0.3 is 19.4 Å². The molecule has 2 aromatic carbocycles. The second-order valence-electron chi connectivity index (χ2n) is 8.02. The summed E-state index contributed by atoms with van der Waals surface area (Å²) in [5, 5.41) is 2.71. The fourth-order valence-corrected chi connectivity index (χ4v) is 5.27. The Kier molecular flexibility index (Phi) is 7.52. The molecule has 1 N–H and O–H groups in total. The van der Waals surface area contributed by atoms with Gasteiger partial charge in [-0.25, -0.2) is 8.42 Å². The van der Waals surface area contributed by atoms with Gasteiger partial charge in [0.05, 0.1) is 11.5 Å². The smallest absolute Gasteiger partial charge is 0.251 e. The lowest BCUT2D eigenvalue weighted by molar-refractivity contribution is -0.116. The van der Waals surface area contributed by atoms with Gasteiger partial charge >= 0.3 is 0 Å². The lowest BCUT2D eigenvalue weighted by atomic mass is 10.3. The van der Waals surface area contributed by atoms with E-state index in [1.807, 2.05) is 19.1 Å². The van der Waals surface area contributed by atoms with Gasteiger partial charge in [0.15, 0.2) is 0 Å². The number of aromatic nitrogens is 1. The van der Waals surface area contributed by atoms with Crippen LogP contribution in [-0.2, 0) is 21.4 Å². The van der Waals surface area contributed by atoms with E-state index in [-0.39, 0.29) is 11.4 Å². The molecule has 1 aromatic heterocycles. The van der Waals surface area contributed by atoms with Crippen LogP contribution in [0.3, 0.4) is 0 Å². The fourth-order valence-electron chi connectivity index (χ4n) is 3.73. The van der Waals surface area contributed by atoms with Crippen LogP contribution >= 0.6 is 0 Å². The van der Waals surface area contributed by atoms with E-state index < -0.39 is 21.5 Å². The Morgan fingerprint density at radius 2 is 1.51 bits per heavy atom. The zero-order valence-corrected chi connectivity index (χ0v) is 20.2. The van der Waals surface area contributed by atoms with Crippen molar-refractivity contribution in [2.45, 2.75) is 31.2 Å². The monoisotopic (exact) mass is 497 g/mol. The van der Waals surface area contributed by atoms with E-state index in [0.29, 0.717) is 36.9 Å². The summed E-state index contributed by atoms with van der Waals surface area (Å²) < 4.78 is 39.3. The number of hydrogen-bond donors (Lipinski definition) is 1. The van der Waals surface area contributed by atoms with Crippen molar-refractivity contribution in [2.75, 3.05) is 25.0 Å². The molecule has 2 heterocycles. The molecule has 1 aliphatic heterocycles. The third kappa shape index (κ3) is 6.09. The molecule has 1 fully saturated rings. The molecule has 35 heavy (non-hydrogen) atoms. The number of hydrogen-bond acceptors (Lipinski definition) is 6. The standard InChI is InChI=1S/C25H27N3O6S/c1-2-33-20-9-11-22(12-10-20)34-21-7-5-19(6-8-21)26-24(29)18-27-17-23(13-14-25(27)30)35(31,32)28-15-3-4-16-28/h5-14,17H,2-4,15-16,18H2,1H3,(H,26,29). The van der Waals surface area contributed by atoms with Crippen molar-refractivity contribution in [1.82, 2.24) is 8.87 Å². The Hall–Kier alpha value is -3.63. The minimum absolute atomic E-state index is 0.00240. The molecule has 184 valence electrons. The molecule has 0 spiro atoms. The van der Waals surface area contributed by atoms with Gasteiger partial charge in [-0.05, 0) is 74.4 Å². The van der Waals surface area contributed by atoms with Gasteiger partial charge in [0.25, 0.3) is 5.56 Å². The van der Waals surface area contributed by atoms with Crippen molar-refractivity contribution in [3.8, 4) is 17.2 Å². The van der Waals surface area contributed by atoms with Gasteiger partial charge in [0.1, 0.15) is 23.8 Å². The predicted octanol–water partition coefficient (Wildman–Crippen LogP) is 3.46. The number of amides is 1. The van der Waals surface area contributed by atoms with Crippen LogP contribution in [0, 0.1) is 0 Å². The summed E-state index contributed by atoms with van der Waals surface area (Å²) in [5.74, 6) is 1.54. The third-order valence-electron chi connectivity index (χ3n) is 5.48. The number of carbonyl (C=O) groups excluding carboxylic acids is 1. The first-order valence-corrected chi connectivity index (χ1v) is 12.8. The number of nitrogens with one attached hydrogen (secondary N) is 1. The molecule has 10 heteroatoms. The SMILES string of the molecule is CCOc1ccc(Oc2ccc(NC(=O)Cn3cc(S(=O)(=O)N4CCCC4)ccc3=O)cc2)cc1. The molecule has 0 atom stereocenters. The molecule has 3 aromatic rings. The number of sulfonamides is 1. The topological polar surface area (TPSA) is 107 Å². The summed E-state index contributed by atoms with van der Waals surface area (Å²) in [6.07, 6.45) is 2.85. The van der Waals surface area contributed by atoms with Crippen LogP contribution in [0.4, 0.5) is 5.69 Å². The van der Waals surface area contributed by atoms with E-state index in [1.165, 1.54) is 22.6 Å². The predicted molar refractivity (Wildman–Crippen MR) is 131 cm³/mol. The number of ether oxygens (including phenoxy) is 2. The minimum Gasteiger partial charge on any atom is -0.494 e. The fraction of sp³-hybridized carbons (Fsp3) is 0.280. The summed E-state index contributed by atoms with van der Waals surface area (Å²) in [4.78, 5) is 24.8. The molecule has 1 saturated heterocycles. The first kappa shape index (κ1) is 24.5. The summed E-state index contributed by atoms with van der Waals surface area (Å²) in [6, 6.07) is 16.5. The molecular weight excluding hydrogens is 470 g/mol. The number of benzene rings is 2. The van der Waals surface area contributed by atoms with Crippen molar-refractivity contribution in [3.05, 3.63) is 77.2 Å². The largest absolute Gasteiger partial charge is 0.494 e. The first-order valence-electron chi connectivity index (χ1n) is 11.4. The summed E-state index contributed by atoms with van der Waals surface area (Å²) >= 11 is 0. The van der Waals surface area contributed by atoms with Crippen LogP contribution in [-0.4, -0.2) is 42.9 Å². The lowest BCUT2D eigenvalue weighted by Crippen LogP contribution is -2.31. The van der Waals surface area contributed by atoms with Crippen LogP contribution in [0.25, 0.3) is 0 Å². The third-order valence-corrected chi connectivity index (χ3v) is 7.36. The lowest BCUT2D eigenvalue weighted by Gasteiger charge is -2.16. The van der Waals surface area contributed by atoms with Crippen molar-refractivity contribution in [3.63, 3.8) is 0 Å². The quantitative estimate of drug-likeness (QED) is 0.485. The zero-order chi connectivity index (χ0) is 24.8. The van der Waals surface area contributed by atoms with E-state index in [4.69, 9.17) is 9.47 Å². The van der Waals surface area contributed by atoms with E-state index in [0.717, 1.165) is 23.2 Å². The maximum absolute atomic E-state index is 12.8. The van der Waals surface area contributed by atoms with Crippen LogP contribution in [0.15, 0.2) is 76.6 Å². The van der Waals surface area contributed by atoms with E-state index in [2.05, 4.69) is 5.32 Å². The van der Waals surface area contributed by atoms with Gasteiger partial charge in [0, 0.05) is 31.0 Å². The van der Waals surface area contributed by atoms with E-state index in [9.17, 15) is 18.0 Å². The maximum atomic E-state index is 12.8. The highest BCUT2D eigenvalue weighted by molar-refractivity contribution is 7.89. The number of anilines is 1. The molecule has 0 radical (unpaired) electrons. The summed E-state index contributed by atoms with van der Waals surface area (Å²) in [6.45, 7) is 3.11. The molecule has 0 saturated carbocycles. The average Bonchev–Trinajstić information content (AvgIpc) is 3.39. The second-order valence-corrected chi connectivity index (χ2v) is 9.96. The molecule has 0 unspecified atom stereocenters. The Labute approximate surface area is 204 Å². The van der Waals surface area contributed by atoms with Crippen LogP contribution in [0.5, 0.6) is 17.2 Å². The number of nitrogens with zero attached hydrogens (tertiary/aromatic N) is 2. The Balaban J connectivity index is 1.38.